The molecule has 0 aliphatic rings. The molecule has 0 saturated carbocycles. The topological polar surface area (TPSA) is 18.5 Å². The van der Waals surface area contributed by atoms with Crippen molar-refractivity contribution in [2.45, 2.75) is 38.6 Å². The average molecular weight is 379 g/mol. The fourth-order valence-electron chi connectivity index (χ4n) is 2.29. The van der Waals surface area contributed by atoms with Crippen LogP contribution in [-0.2, 0) is 14.3 Å². The van der Waals surface area contributed by atoms with E-state index in [2.05, 4.69) is 66.2 Å². The molecule has 0 N–H and O–H groups in total. The van der Waals surface area contributed by atoms with E-state index < -0.39 is 0 Å². The molecule has 0 amide bonds. The summed E-state index contributed by atoms with van der Waals surface area (Å²) in [6.07, 6.45) is -0.211. The molecule has 0 aliphatic heterocycles. The number of hydrogen-bond acceptors (Lipinski definition) is 2. The summed E-state index contributed by atoms with van der Waals surface area (Å²) < 4.78 is 12.8. The Bertz CT molecular complexity index is 610. The van der Waals surface area contributed by atoms with Crippen molar-refractivity contribution >= 4 is 46.2 Å². The lowest BCUT2D eigenvalue weighted by Gasteiger charge is -2.34. The molecular weight excluding hydrogens is 360 g/mol. The highest BCUT2D eigenvalue weighted by Gasteiger charge is 2.32. The minimum atomic E-state index is -0.211. The lowest BCUT2D eigenvalue weighted by Crippen LogP contribution is -2.39. The molecule has 2 nitrogen and oxygen atoms in total. The smallest absolute Gasteiger partial charge is 0.229 e. The fourth-order valence-corrected chi connectivity index (χ4v) is 3.87. The number of hydrogen-bond donors (Lipinski definition) is 0. The Morgan fingerprint density at radius 2 is 1.52 bits per heavy atom. The van der Waals surface area contributed by atoms with Gasteiger partial charge in [-0.25, -0.2) is 0 Å². The van der Waals surface area contributed by atoms with Crippen LogP contribution in [0, 0.1) is 0 Å². The van der Waals surface area contributed by atoms with E-state index in [4.69, 9.17) is 8.85 Å². The molecule has 21 heavy (non-hydrogen) atoms. The van der Waals surface area contributed by atoms with Crippen molar-refractivity contribution in [3.05, 3.63) is 46.4 Å². The molecule has 0 spiro atoms. The average Bonchev–Trinajstić information content (AvgIpc) is 2.46. The first-order valence-corrected chi connectivity index (χ1v) is 10.4. The maximum atomic E-state index is 5.84. The van der Waals surface area contributed by atoms with Gasteiger partial charge in [-0.3, -0.25) is 0 Å². The summed E-state index contributed by atoms with van der Waals surface area (Å²) in [5.74, 6) is 0. The Morgan fingerprint density at radius 3 is 2.14 bits per heavy atom. The van der Waals surface area contributed by atoms with Crippen molar-refractivity contribution in [3.8, 4) is 0 Å². The molecule has 0 unspecified atom stereocenters. The molecular formula is C16H19BrO2Si2. The Morgan fingerprint density at radius 1 is 0.952 bits per heavy atom. The van der Waals surface area contributed by atoms with Gasteiger partial charge in [0.2, 0.25) is 19.5 Å². The highest BCUT2D eigenvalue weighted by Crippen LogP contribution is 2.32. The molecule has 2 rings (SSSR count). The summed E-state index contributed by atoms with van der Waals surface area (Å²) in [4.78, 5) is 0. The molecule has 0 fully saturated rings. The minimum Gasteiger partial charge on any atom is -0.393 e. The second-order valence-electron chi connectivity index (χ2n) is 5.40. The van der Waals surface area contributed by atoms with Gasteiger partial charge in [-0.1, -0.05) is 54.0 Å². The van der Waals surface area contributed by atoms with E-state index in [1.54, 1.807) is 0 Å². The summed E-state index contributed by atoms with van der Waals surface area (Å²) in [7, 11) is 0.838. The summed E-state index contributed by atoms with van der Waals surface area (Å²) in [5.41, 5.74) is 1.05. The third-order valence-corrected chi connectivity index (χ3v) is 4.98. The zero-order chi connectivity index (χ0) is 15.5. The number of fused-ring (bicyclic) bond motifs is 1. The van der Waals surface area contributed by atoms with Gasteiger partial charge in [0.1, 0.15) is 6.29 Å². The van der Waals surface area contributed by atoms with Crippen LogP contribution in [0.4, 0.5) is 0 Å². The maximum Gasteiger partial charge on any atom is 0.229 e. The monoisotopic (exact) mass is 378 g/mol. The third kappa shape index (κ3) is 3.84. The minimum absolute atomic E-state index is 0.187. The van der Waals surface area contributed by atoms with E-state index >= 15 is 0 Å². The Kier molecular flexibility index (Phi) is 5.79. The SMILES string of the molecule is C[Si]OC(O[Si]C)C(C)(C)c1ccc2cc(Br)ccc2c1. The first kappa shape index (κ1) is 16.9. The van der Waals surface area contributed by atoms with Crippen molar-refractivity contribution in [2.75, 3.05) is 0 Å². The van der Waals surface area contributed by atoms with Gasteiger partial charge in [0, 0.05) is 9.89 Å². The fraction of sp³-hybridized carbons (Fsp3) is 0.375. The summed E-state index contributed by atoms with van der Waals surface area (Å²) >= 11 is 3.52. The van der Waals surface area contributed by atoms with E-state index in [9.17, 15) is 0 Å². The van der Waals surface area contributed by atoms with Gasteiger partial charge in [-0.15, -0.1) is 0 Å². The molecule has 110 valence electrons. The molecule has 0 aromatic heterocycles. The van der Waals surface area contributed by atoms with Gasteiger partial charge < -0.3 is 8.85 Å². The van der Waals surface area contributed by atoms with Gasteiger partial charge in [0.05, 0.1) is 0 Å². The quantitative estimate of drug-likeness (QED) is 0.541. The van der Waals surface area contributed by atoms with E-state index in [1.807, 2.05) is 13.1 Å². The van der Waals surface area contributed by atoms with Crippen LogP contribution >= 0.6 is 15.9 Å². The van der Waals surface area contributed by atoms with E-state index in [-0.39, 0.29) is 11.7 Å². The molecule has 0 atom stereocenters. The molecule has 4 radical (unpaired) electrons. The lowest BCUT2D eigenvalue weighted by molar-refractivity contribution is -0.0432. The summed E-state index contributed by atoms with van der Waals surface area (Å²) in [5, 5.41) is 2.47. The van der Waals surface area contributed by atoms with E-state index in [1.165, 1.54) is 16.3 Å². The van der Waals surface area contributed by atoms with Crippen LogP contribution in [0.15, 0.2) is 40.9 Å². The third-order valence-electron chi connectivity index (χ3n) is 3.59. The number of halogens is 1. The molecule has 0 aliphatic carbocycles. The number of benzene rings is 2. The van der Waals surface area contributed by atoms with Crippen LogP contribution in [0.1, 0.15) is 19.4 Å². The molecule has 0 bridgehead atoms. The summed E-state index contributed by atoms with van der Waals surface area (Å²) in [6.45, 7) is 8.42. The normalized spacial score (nSPS) is 12.3. The van der Waals surface area contributed by atoms with Gasteiger partial charge >= 0.3 is 0 Å². The zero-order valence-corrected chi connectivity index (χ0v) is 16.3. The predicted molar refractivity (Wildman–Crippen MR) is 93.9 cm³/mol. The highest BCUT2D eigenvalue weighted by atomic mass is 79.9. The largest absolute Gasteiger partial charge is 0.393 e. The van der Waals surface area contributed by atoms with Gasteiger partial charge in [0.15, 0.2) is 0 Å². The van der Waals surface area contributed by atoms with E-state index in [0.717, 1.165) is 4.47 Å². The molecule has 2 aromatic carbocycles. The Hall–Kier alpha value is -0.466. The van der Waals surface area contributed by atoms with E-state index in [0.29, 0.717) is 19.5 Å². The molecule has 0 heterocycles. The van der Waals surface area contributed by atoms with Crippen molar-refractivity contribution in [3.63, 3.8) is 0 Å². The first-order valence-electron chi connectivity index (χ1n) is 6.83. The summed E-state index contributed by atoms with van der Waals surface area (Å²) in [6, 6.07) is 12.9. The second kappa shape index (κ2) is 7.20. The van der Waals surface area contributed by atoms with Crippen molar-refractivity contribution in [2.24, 2.45) is 0 Å². The van der Waals surface area contributed by atoms with Gasteiger partial charge in [0.25, 0.3) is 0 Å². The van der Waals surface area contributed by atoms with Gasteiger partial charge in [-0.05, 0) is 41.6 Å². The molecule has 5 heteroatoms. The molecule has 2 aromatic rings. The van der Waals surface area contributed by atoms with Crippen LogP contribution in [-0.4, -0.2) is 25.8 Å². The molecule has 0 saturated heterocycles. The van der Waals surface area contributed by atoms with Crippen LogP contribution in [0.3, 0.4) is 0 Å². The van der Waals surface area contributed by atoms with Crippen LogP contribution in [0.2, 0.25) is 13.1 Å². The standard InChI is InChI=1S/C16H19BrO2Si2/c1-16(2,15(18-20-3)19-21-4)13-7-5-12-10-14(17)8-6-11(12)9-13/h5-10,15H,1-4H3. The van der Waals surface area contributed by atoms with Crippen LogP contribution < -0.4 is 0 Å². The second-order valence-corrected chi connectivity index (χ2v) is 7.61. The zero-order valence-electron chi connectivity index (χ0n) is 12.7. The number of rotatable bonds is 6. The Labute approximate surface area is 140 Å². The maximum absolute atomic E-state index is 5.84. The van der Waals surface area contributed by atoms with Gasteiger partial charge in [-0.2, -0.15) is 0 Å². The van der Waals surface area contributed by atoms with Crippen LogP contribution in [0.25, 0.3) is 10.8 Å². The van der Waals surface area contributed by atoms with Crippen molar-refractivity contribution in [1.29, 1.82) is 0 Å². The Balaban J connectivity index is 2.40. The van der Waals surface area contributed by atoms with Crippen molar-refractivity contribution < 1.29 is 8.85 Å². The lowest BCUT2D eigenvalue weighted by atomic mass is 9.83. The predicted octanol–water partition coefficient (Wildman–Crippen LogP) is 4.57. The highest BCUT2D eigenvalue weighted by molar-refractivity contribution is 9.10. The van der Waals surface area contributed by atoms with Crippen LogP contribution in [0.5, 0.6) is 0 Å². The van der Waals surface area contributed by atoms with Crippen molar-refractivity contribution in [1.82, 2.24) is 0 Å². The first-order chi connectivity index (χ1) is 9.98.